The fourth-order valence-corrected chi connectivity index (χ4v) is 2.24. The van der Waals surface area contributed by atoms with E-state index in [0.717, 1.165) is 16.7 Å². The molecule has 1 aliphatic heterocycles. The van der Waals surface area contributed by atoms with Crippen LogP contribution in [0.5, 0.6) is 0 Å². The second-order valence-corrected chi connectivity index (χ2v) is 4.79. The summed E-state index contributed by atoms with van der Waals surface area (Å²) in [4.78, 5) is 16.0. The number of fused-ring (bicyclic) bond motifs is 1. The molecule has 0 saturated heterocycles. The number of benzene rings is 2. The smallest absolute Gasteiger partial charge is 0.334 e. The molecule has 2 aromatic carbocycles. The monoisotopic (exact) mass is 293 g/mol. The topological polar surface area (TPSA) is 47.9 Å². The molecule has 2 aromatic rings. The first-order chi connectivity index (χ1) is 10.8. The molecule has 3 rings (SSSR count). The Labute approximate surface area is 128 Å². The molecule has 22 heavy (non-hydrogen) atoms. The number of carbonyl (C=O) groups excluding carboxylic acids is 1. The van der Waals surface area contributed by atoms with Crippen molar-refractivity contribution >= 4 is 17.6 Å². The first kappa shape index (κ1) is 14.1. The Kier molecular flexibility index (Phi) is 4.01. The highest BCUT2D eigenvalue weighted by Crippen LogP contribution is 2.30. The van der Waals surface area contributed by atoms with Crippen LogP contribution in [-0.4, -0.2) is 19.0 Å². The van der Waals surface area contributed by atoms with Crippen LogP contribution in [0.25, 0.3) is 5.76 Å². The van der Waals surface area contributed by atoms with Gasteiger partial charge in [-0.05, 0) is 11.6 Å². The van der Waals surface area contributed by atoms with Gasteiger partial charge in [0.15, 0.2) is 0 Å². The van der Waals surface area contributed by atoms with Crippen LogP contribution in [0, 0.1) is 0 Å². The molecule has 0 atom stereocenters. The standard InChI is InChI=1S/C18H15NO3/c1-21-17(20)11-16-14-9-5-6-10-15(14)18(22-16)19-12-13-7-3-2-4-8-13/h2-11H,12H2,1H3/b16-11+,19-18?. The lowest BCUT2D eigenvalue weighted by Crippen LogP contribution is -1.99. The van der Waals surface area contributed by atoms with Crippen LogP contribution in [0.3, 0.4) is 0 Å². The van der Waals surface area contributed by atoms with Crippen molar-refractivity contribution in [1.82, 2.24) is 0 Å². The lowest BCUT2D eigenvalue weighted by molar-refractivity contribution is -0.134. The highest BCUT2D eigenvalue weighted by molar-refractivity contribution is 6.08. The van der Waals surface area contributed by atoms with Gasteiger partial charge in [-0.1, -0.05) is 48.5 Å². The van der Waals surface area contributed by atoms with Crippen molar-refractivity contribution in [3.05, 3.63) is 77.4 Å². The van der Waals surface area contributed by atoms with Crippen molar-refractivity contribution < 1.29 is 14.3 Å². The summed E-state index contributed by atoms with van der Waals surface area (Å²) in [6.07, 6.45) is 1.34. The number of rotatable bonds is 3. The number of methoxy groups -OCH3 is 1. The van der Waals surface area contributed by atoms with Crippen LogP contribution < -0.4 is 0 Å². The number of carbonyl (C=O) groups is 1. The normalized spacial score (nSPS) is 16.4. The maximum absolute atomic E-state index is 11.4. The largest absolute Gasteiger partial charge is 0.466 e. The van der Waals surface area contributed by atoms with E-state index in [1.807, 2.05) is 54.6 Å². The van der Waals surface area contributed by atoms with Crippen LogP contribution >= 0.6 is 0 Å². The van der Waals surface area contributed by atoms with E-state index in [1.54, 1.807) is 0 Å². The van der Waals surface area contributed by atoms with Gasteiger partial charge in [-0.15, -0.1) is 0 Å². The van der Waals surface area contributed by atoms with Crippen LogP contribution in [0.15, 0.2) is 65.7 Å². The second-order valence-electron chi connectivity index (χ2n) is 4.79. The van der Waals surface area contributed by atoms with Gasteiger partial charge in [-0.25, -0.2) is 9.79 Å². The van der Waals surface area contributed by atoms with E-state index < -0.39 is 5.97 Å². The first-order valence-corrected chi connectivity index (χ1v) is 6.93. The van der Waals surface area contributed by atoms with Gasteiger partial charge in [-0.3, -0.25) is 0 Å². The van der Waals surface area contributed by atoms with E-state index in [4.69, 9.17) is 4.74 Å². The molecule has 4 heteroatoms. The van der Waals surface area contributed by atoms with E-state index >= 15 is 0 Å². The second kappa shape index (κ2) is 6.26. The van der Waals surface area contributed by atoms with Crippen molar-refractivity contribution in [3.8, 4) is 0 Å². The summed E-state index contributed by atoms with van der Waals surface area (Å²) in [6.45, 7) is 0.524. The zero-order valence-electron chi connectivity index (χ0n) is 12.2. The lowest BCUT2D eigenvalue weighted by Gasteiger charge is -2.00. The summed E-state index contributed by atoms with van der Waals surface area (Å²) in [7, 11) is 1.34. The van der Waals surface area contributed by atoms with E-state index in [9.17, 15) is 4.79 Å². The Bertz CT molecular complexity index is 748. The number of hydrogen-bond donors (Lipinski definition) is 0. The molecule has 110 valence electrons. The van der Waals surface area contributed by atoms with Crippen LogP contribution in [0.2, 0.25) is 0 Å². The predicted molar refractivity (Wildman–Crippen MR) is 84.2 cm³/mol. The number of ether oxygens (including phenoxy) is 2. The van der Waals surface area contributed by atoms with Crippen molar-refractivity contribution in [2.24, 2.45) is 4.99 Å². The quantitative estimate of drug-likeness (QED) is 0.645. The first-order valence-electron chi connectivity index (χ1n) is 6.93. The van der Waals surface area contributed by atoms with Crippen LogP contribution in [0.1, 0.15) is 16.7 Å². The summed E-state index contributed by atoms with van der Waals surface area (Å²) in [5.74, 6) is 0.540. The molecule has 0 aliphatic carbocycles. The molecule has 0 saturated carbocycles. The van der Waals surface area contributed by atoms with Crippen LogP contribution in [-0.2, 0) is 20.8 Å². The SMILES string of the molecule is COC(=O)/C=C1/OC(=NCc2ccccc2)c2ccccc21. The number of aliphatic imine (C=N–C) groups is 1. The Morgan fingerprint density at radius 2 is 1.77 bits per heavy atom. The molecule has 4 nitrogen and oxygen atoms in total. The molecule has 0 amide bonds. The highest BCUT2D eigenvalue weighted by atomic mass is 16.5. The molecule has 1 aliphatic rings. The van der Waals surface area contributed by atoms with E-state index in [1.165, 1.54) is 13.2 Å². The van der Waals surface area contributed by atoms with Gasteiger partial charge in [0.2, 0.25) is 5.90 Å². The average molecular weight is 293 g/mol. The highest BCUT2D eigenvalue weighted by Gasteiger charge is 2.24. The van der Waals surface area contributed by atoms with Gasteiger partial charge < -0.3 is 9.47 Å². The third kappa shape index (κ3) is 2.91. The third-order valence-corrected chi connectivity index (χ3v) is 3.33. The summed E-state index contributed by atoms with van der Waals surface area (Å²) in [5.41, 5.74) is 2.83. The van der Waals surface area contributed by atoms with Crippen molar-refractivity contribution in [1.29, 1.82) is 0 Å². The number of hydrogen-bond acceptors (Lipinski definition) is 4. The minimum Gasteiger partial charge on any atom is -0.466 e. The molecular formula is C18H15NO3. The number of nitrogens with zero attached hydrogens (tertiary/aromatic N) is 1. The summed E-state index contributed by atoms with van der Waals surface area (Å²) in [5, 5.41) is 0. The predicted octanol–water partition coefficient (Wildman–Crippen LogP) is 3.18. The molecule has 1 heterocycles. The maximum atomic E-state index is 11.4. The van der Waals surface area contributed by atoms with Gasteiger partial charge >= 0.3 is 5.97 Å². The van der Waals surface area contributed by atoms with Crippen molar-refractivity contribution in [2.45, 2.75) is 6.54 Å². The molecule has 0 N–H and O–H groups in total. The van der Waals surface area contributed by atoms with Crippen molar-refractivity contribution in [2.75, 3.05) is 7.11 Å². The fraction of sp³-hybridized carbons (Fsp3) is 0.111. The summed E-state index contributed by atoms with van der Waals surface area (Å²) >= 11 is 0. The molecule has 0 fully saturated rings. The Hall–Kier alpha value is -2.88. The third-order valence-electron chi connectivity index (χ3n) is 3.33. The molecular weight excluding hydrogens is 278 g/mol. The maximum Gasteiger partial charge on any atom is 0.334 e. The van der Waals surface area contributed by atoms with Crippen LogP contribution in [0.4, 0.5) is 0 Å². The fourth-order valence-electron chi connectivity index (χ4n) is 2.24. The Balaban J connectivity index is 1.91. The average Bonchev–Trinajstić information content (AvgIpc) is 2.92. The number of esters is 1. The molecule has 0 radical (unpaired) electrons. The molecule has 0 spiro atoms. The minimum absolute atomic E-state index is 0.450. The lowest BCUT2D eigenvalue weighted by atomic mass is 10.1. The minimum atomic E-state index is -0.450. The van der Waals surface area contributed by atoms with Gasteiger partial charge in [0.05, 0.1) is 19.7 Å². The molecule has 0 bridgehead atoms. The zero-order chi connectivity index (χ0) is 15.4. The van der Waals surface area contributed by atoms with E-state index in [0.29, 0.717) is 18.2 Å². The van der Waals surface area contributed by atoms with Gasteiger partial charge in [0.1, 0.15) is 5.76 Å². The molecule has 0 unspecified atom stereocenters. The van der Waals surface area contributed by atoms with Gasteiger partial charge in [0.25, 0.3) is 0 Å². The summed E-state index contributed by atoms with van der Waals surface area (Å²) < 4.78 is 10.4. The Morgan fingerprint density at radius 1 is 1.09 bits per heavy atom. The Morgan fingerprint density at radius 3 is 2.50 bits per heavy atom. The van der Waals surface area contributed by atoms with E-state index in [-0.39, 0.29) is 0 Å². The van der Waals surface area contributed by atoms with Gasteiger partial charge in [0, 0.05) is 11.1 Å². The van der Waals surface area contributed by atoms with Gasteiger partial charge in [-0.2, -0.15) is 0 Å². The summed E-state index contributed by atoms with van der Waals surface area (Å²) in [6, 6.07) is 17.6. The van der Waals surface area contributed by atoms with E-state index in [2.05, 4.69) is 9.73 Å². The zero-order valence-corrected chi connectivity index (χ0v) is 12.2. The molecule has 0 aromatic heterocycles. The van der Waals surface area contributed by atoms with Crippen molar-refractivity contribution in [3.63, 3.8) is 0 Å².